The van der Waals surface area contributed by atoms with Gasteiger partial charge in [-0.1, -0.05) is 23.7 Å². The number of halogens is 5. The number of hydrogen-bond donors (Lipinski definition) is 2. The SMILES string of the molecule is O=C(Nc1ccccc1Br)C(=O)Nc1ccc(Cl)cc1C(F)(F)F. The zero-order chi connectivity index (χ0) is 17.9. The fraction of sp³-hybridized carbons (Fsp3) is 0.0667. The number of hydrogen-bond acceptors (Lipinski definition) is 2. The zero-order valence-corrected chi connectivity index (χ0v) is 14.1. The second kappa shape index (κ2) is 7.23. The predicted molar refractivity (Wildman–Crippen MR) is 87.9 cm³/mol. The monoisotopic (exact) mass is 420 g/mol. The van der Waals surface area contributed by atoms with Crippen molar-refractivity contribution in [3.63, 3.8) is 0 Å². The van der Waals surface area contributed by atoms with Crippen molar-refractivity contribution in [2.75, 3.05) is 10.6 Å². The Kier molecular flexibility index (Phi) is 5.51. The highest BCUT2D eigenvalue weighted by Gasteiger charge is 2.34. The van der Waals surface area contributed by atoms with Gasteiger partial charge in [0.2, 0.25) is 0 Å². The van der Waals surface area contributed by atoms with Crippen LogP contribution in [0, 0.1) is 0 Å². The van der Waals surface area contributed by atoms with Gasteiger partial charge in [-0.25, -0.2) is 0 Å². The summed E-state index contributed by atoms with van der Waals surface area (Å²) in [6.07, 6.45) is -4.73. The van der Waals surface area contributed by atoms with E-state index >= 15 is 0 Å². The Bertz CT molecular complexity index is 797. The maximum atomic E-state index is 13.0. The Morgan fingerprint density at radius 2 is 1.54 bits per heavy atom. The number of nitrogens with one attached hydrogen (secondary N) is 2. The molecule has 0 heterocycles. The van der Waals surface area contributed by atoms with E-state index in [0.29, 0.717) is 16.2 Å². The molecule has 9 heteroatoms. The number of rotatable bonds is 2. The van der Waals surface area contributed by atoms with Gasteiger partial charge in [0.05, 0.1) is 16.9 Å². The topological polar surface area (TPSA) is 58.2 Å². The van der Waals surface area contributed by atoms with Crippen LogP contribution >= 0.6 is 27.5 Å². The van der Waals surface area contributed by atoms with E-state index < -0.39 is 29.2 Å². The maximum absolute atomic E-state index is 13.0. The molecule has 0 unspecified atom stereocenters. The first kappa shape index (κ1) is 18.3. The lowest BCUT2D eigenvalue weighted by Gasteiger charge is -2.14. The van der Waals surface area contributed by atoms with E-state index in [1.807, 2.05) is 5.32 Å². The summed E-state index contributed by atoms with van der Waals surface area (Å²) in [6, 6.07) is 9.31. The van der Waals surface area contributed by atoms with E-state index in [1.165, 1.54) is 12.1 Å². The maximum Gasteiger partial charge on any atom is 0.418 e. The fourth-order valence-electron chi connectivity index (χ4n) is 1.78. The molecule has 0 radical (unpaired) electrons. The molecule has 0 fully saturated rings. The highest BCUT2D eigenvalue weighted by atomic mass is 79.9. The summed E-state index contributed by atoms with van der Waals surface area (Å²) in [6.45, 7) is 0. The first-order valence-corrected chi connectivity index (χ1v) is 7.59. The third kappa shape index (κ3) is 4.48. The average molecular weight is 422 g/mol. The van der Waals surface area contributed by atoms with Gasteiger partial charge in [0.1, 0.15) is 0 Å². The van der Waals surface area contributed by atoms with Crippen molar-refractivity contribution in [3.05, 3.63) is 57.5 Å². The smallest absolute Gasteiger partial charge is 0.317 e. The minimum Gasteiger partial charge on any atom is -0.317 e. The second-order valence-corrected chi connectivity index (χ2v) is 5.87. The van der Waals surface area contributed by atoms with E-state index in [-0.39, 0.29) is 5.02 Å². The van der Waals surface area contributed by atoms with Gasteiger partial charge in [-0.15, -0.1) is 0 Å². The number of carbonyl (C=O) groups excluding carboxylic acids is 2. The van der Waals surface area contributed by atoms with Crippen LogP contribution in [0.2, 0.25) is 5.02 Å². The van der Waals surface area contributed by atoms with Gasteiger partial charge in [-0.3, -0.25) is 9.59 Å². The molecule has 2 N–H and O–H groups in total. The molecule has 0 atom stereocenters. The third-order valence-electron chi connectivity index (χ3n) is 2.86. The first-order chi connectivity index (χ1) is 11.2. The van der Waals surface area contributed by atoms with Gasteiger partial charge in [0.25, 0.3) is 0 Å². The standard InChI is InChI=1S/C15H9BrClF3N2O2/c16-10-3-1-2-4-12(10)22-14(24)13(23)21-11-6-5-8(17)7-9(11)15(18,19)20/h1-7H,(H,21,23)(H,22,24). The number of alkyl halides is 3. The van der Waals surface area contributed by atoms with E-state index in [0.717, 1.165) is 6.07 Å². The van der Waals surface area contributed by atoms with Crippen molar-refractivity contribution in [2.24, 2.45) is 0 Å². The van der Waals surface area contributed by atoms with Gasteiger partial charge < -0.3 is 10.6 Å². The highest BCUT2D eigenvalue weighted by molar-refractivity contribution is 9.10. The van der Waals surface area contributed by atoms with E-state index in [4.69, 9.17) is 11.6 Å². The Balaban J connectivity index is 2.18. The molecule has 0 spiro atoms. The quantitative estimate of drug-likeness (QED) is 0.691. The van der Waals surface area contributed by atoms with Crippen LogP contribution in [0.4, 0.5) is 24.5 Å². The summed E-state index contributed by atoms with van der Waals surface area (Å²) in [7, 11) is 0. The van der Waals surface area contributed by atoms with Crippen LogP contribution in [0.25, 0.3) is 0 Å². The molecule has 126 valence electrons. The summed E-state index contributed by atoms with van der Waals surface area (Å²) in [5.41, 5.74) is -1.39. The molecular formula is C15H9BrClF3N2O2. The average Bonchev–Trinajstić information content (AvgIpc) is 2.50. The van der Waals surface area contributed by atoms with E-state index in [1.54, 1.807) is 18.2 Å². The first-order valence-electron chi connectivity index (χ1n) is 6.42. The molecule has 2 amide bonds. The predicted octanol–water partition coefficient (Wildman–Crippen LogP) is 4.70. The molecule has 2 aromatic carbocycles. The van der Waals surface area contributed by atoms with Crippen molar-refractivity contribution in [2.45, 2.75) is 6.18 Å². The molecule has 0 aliphatic carbocycles. The normalized spacial score (nSPS) is 11.0. The van der Waals surface area contributed by atoms with Crippen molar-refractivity contribution in [3.8, 4) is 0 Å². The van der Waals surface area contributed by atoms with E-state index in [2.05, 4.69) is 21.2 Å². The van der Waals surface area contributed by atoms with Gasteiger partial charge in [-0.05, 0) is 46.3 Å². The van der Waals surface area contributed by atoms with Crippen LogP contribution in [0.15, 0.2) is 46.9 Å². The van der Waals surface area contributed by atoms with Crippen molar-refractivity contribution in [1.82, 2.24) is 0 Å². The molecule has 24 heavy (non-hydrogen) atoms. The molecule has 0 saturated heterocycles. The molecule has 0 aromatic heterocycles. The van der Waals surface area contributed by atoms with Crippen molar-refractivity contribution < 1.29 is 22.8 Å². The Morgan fingerprint density at radius 1 is 0.958 bits per heavy atom. The molecular weight excluding hydrogens is 413 g/mol. The van der Waals surface area contributed by atoms with Crippen LogP contribution in [0.3, 0.4) is 0 Å². The number of para-hydroxylation sites is 1. The number of carbonyl (C=O) groups is 2. The molecule has 4 nitrogen and oxygen atoms in total. The van der Waals surface area contributed by atoms with Crippen molar-refractivity contribution in [1.29, 1.82) is 0 Å². The number of benzene rings is 2. The summed E-state index contributed by atoms with van der Waals surface area (Å²) < 4.78 is 39.4. The number of amides is 2. The lowest BCUT2D eigenvalue weighted by Crippen LogP contribution is -2.30. The van der Waals surface area contributed by atoms with Crippen LogP contribution in [0.1, 0.15) is 5.56 Å². The molecule has 0 aliphatic heterocycles. The molecule has 2 rings (SSSR count). The second-order valence-electron chi connectivity index (χ2n) is 4.58. The van der Waals surface area contributed by atoms with Crippen LogP contribution < -0.4 is 10.6 Å². The Labute approximate surface area is 148 Å². The third-order valence-corrected chi connectivity index (χ3v) is 3.79. The van der Waals surface area contributed by atoms with Crippen molar-refractivity contribution >= 4 is 50.7 Å². The zero-order valence-electron chi connectivity index (χ0n) is 11.7. The molecule has 0 bridgehead atoms. The minimum atomic E-state index is -4.73. The van der Waals surface area contributed by atoms with Crippen LogP contribution in [-0.4, -0.2) is 11.8 Å². The minimum absolute atomic E-state index is 0.141. The molecule has 2 aromatic rings. The molecule has 0 aliphatic rings. The summed E-state index contributed by atoms with van der Waals surface area (Å²) in [4.78, 5) is 23.7. The Morgan fingerprint density at radius 3 is 2.12 bits per heavy atom. The lowest BCUT2D eigenvalue weighted by molar-refractivity contribution is -0.137. The van der Waals surface area contributed by atoms with Gasteiger partial charge >= 0.3 is 18.0 Å². The highest BCUT2D eigenvalue weighted by Crippen LogP contribution is 2.36. The Hall–Kier alpha value is -2.06. The summed E-state index contributed by atoms with van der Waals surface area (Å²) in [5, 5.41) is 4.09. The number of anilines is 2. The largest absolute Gasteiger partial charge is 0.418 e. The summed E-state index contributed by atoms with van der Waals surface area (Å²) >= 11 is 8.73. The van der Waals surface area contributed by atoms with Gasteiger partial charge in [0, 0.05) is 9.50 Å². The van der Waals surface area contributed by atoms with Crippen LogP contribution in [0.5, 0.6) is 0 Å². The van der Waals surface area contributed by atoms with Crippen LogP contribution in [-0.2, 0) is 15.8 Å². The van der Waals surface area contributed by atoms with E-state index in [9.17, 15) is 22.8 Å². The van der Waals surface area contributed by atoms with Gasteiger partial charge in [0.15, 0.2) is 0 Å². The lowest BCUT2D eigenvalue weighted by atomic mass is 10.1. The summed E-state index contributed by atoms with van der Waals surface area (Å²) in [5.74, 6) is -2.34. The fourth-order valence-corrected chi connectivity index (χ4v) is 2.34. The molecule has 0 saturated carbocycles. The van der Waals surface area contributed by atoms with Gasteiger partial charge in [-0.2, -0.15) is 13.2 Å².